The van der Waals surface area contributed by atoms with Crippen molar-refractivity contribution in [3.8, 4) is 0 Å². The minimum atomic E-state index is -4.73. The van der Waals surface area contributed by atoms with Crippen LogP contribution in [0.2, 0.25) is 0 Å². The van der Waals surface area contributed by atoms with Crippen molar-refractivity contribution in [2.75, 3.05) is 18.5 Å². The highest BCUT2D eigenvalue weighted by molar-refractivity contribution is 6.03. The van der Waals surface area contributed by atoms with Crippen LogP contribution >= 0.6 is 0 Å². The number of alkyl halides is 4. The van der Waals surface area contributed by atoms with Crippen LogP contribution < -0.4 is 11.1 Å². The van der Waals surface area contributed by atoms with E-state index >= 15 is 4.39 Å². The minimum Gasteiger partial charge on any atom is -0.483 e. The lowest BCUT2D eigenvalue weighted by Gasteiger charge is -2.43. The molecule has 1 fully saturated rings. The number of nitrogens with one attached hydrogen (secondary N) is 1. The number of aromatic nitrogens is 4. The maximum atomic E-state index is 15.5. The Kier molecular flexibility index (Phi) is 8.00. The molecule has 14 heteroatoms. The molecule has 0 saturated carbocycles. The molecule has 1 atom stereocenters. The number of halogens is 4. The summed E-state index contributed by atoms with van der Waals surface area (Å²) in [4.78, 5) is 24.5. The smallest absolute Gasteiger partial charge is 0.433 e. The molecule has 0 bridgehead atoms. The summed E-state index contributed by atoms with van der Waals surface area (Å²) in [5.74, 6) is -0.716. The van der Waals surface area contributed by atoms with Crippen molar-refractivity contribution in [3.63, 3.8) is 0 Å². The molecule has 3 heterocycles. The SMILES string of the molecule is Cn1cnnc1C(F)C1(c2cccc(NC(=O)c3cc(CN)cc(C(F)(F)F)n3)c2)COC1.O=CO. The zero-order valence-corrected chi connectivity index (χ0v) is 18.9. The van der Waals surface area contributed by atoms with Gasteiger partial charge in [-0.2, -0.15) is 13.2 Å². The lowest BCUT2D eigenvalue weighted by atomic mass is 9.74. The monoisotopic (exact) mass is 510 g/mol. The Bertz CT molecular complexity index is 1230. The molecule has 2 aromatic heterocycles. The molecule has 1 unspecified atom stereocenters. The molecule has 0 aliphatic carbocycles. The van der Waals surface area contributed by atoms with Crippen molar-refractivity contribution in [1.82, 2.24) is 19.7 Å². The summed E-state index contributed by atoms with van der Waals surface area (Å²) in [5, 5.41) is 17.0. The van der Waals surface area contributed by atoms with E-state index in [1.54, 1.807) is 31.3 Å². The summed E-state index contributed by atoms with van der Waals surface area (Å²) in [6.07, 6.45) is -4.86. The van der Waals surface area contributed by atoms with Crippen LogP contribution in [0.5, 0.6) is 0 Å². The van der Waals surface area contributed by atoms with E-state index < -0.39 is 35.1 Å². The van der Waals surface area contributed by atoms with E-state index in [1.165, 1.54) is 17.0 Å². The average molecular weight is 510 g/mol. The van der Waals surface area contributed by atoms with Gasteiger partial charge in [0.05, 0.1) is 18.6 Å². The second kappa shape index (κ2) is 10.8. The summed E-state index contributed by atoms with van der Waals surface area (Å²) < 4.78 is 61.7. The van der Waals surface area contributed by atoms with Gasteiger partial charge in [0.2, 0.25) is 0 Å². The maximum absolute atomic E-state index is 15.5. The zero-order valence-electron chi connectivity index (χ0n) is 18.9. The molecule has 1 saturated heterocycles. The first-order valence-electron chi connectivity index (χ1n) is 10.4. The van der Waals surface area contributed by atoms with Gasteiger partial charge in [0, 0.05) is 19.3 Å². The number of anilines is 1. The number of rotatable bonds is 6. The van der Waals surface area contributed by atoms with Gasteiger partial charge in [-0.05, 0) is 35.4 Å². The number of hydrogen-bond donors (Lipinski definition) is 3. The third-order valence-electron chi connectivity index (χ3n) is 5.52. The molecular formula is C22H22F4N6O4. The Labute approximate surface area is 202 Å². The number of hydrogen-bond acceptors (Lipinski definition) is 7. The second-order valence-corrected chi connectivity index (χ2v) is 7.90. The third-order valence-corrected chi connectivity index (χ3v) is 5.52. The van der Waals surface area contributed by atoms with Gasteiger partial charge in [-0.15, -0.1) is 10.2 Å². The average Bonchev–Trinajstić information content (AvgIpc) is 3.24. The lowest BCUT2D eigenvalue weighted by molar-refractivity contribution is -0.141. The summed E-state index contributed by atoms with van der Waals surface area (Å²) >= 11 is 0. The van der Waals surface area contributed by atoms with Gasteiger partial charge >= 0.3 is 6.18 Å². The van der Waals surface area contributed by atoms with Crippen LogP contribution in [-0.2, 0) is 34.7 Å². The van der Waals surface area contributed by atoms with E-state index in [1.807, 2.05) is 0 Å². The van der Waals surface area contributed by atoms with Crippen molar-refractivity contribution in [2.45, 2.75) is 24.3 Å². The van der Waals surface area contributed by atoms with Crippen molar-refractivity contribution >= 4 is 18.1 Å². The van der Waals surface area contributed by atoms with Gasteiger partial charge in [-0.25, -0.2) is 9.37 Å². The van der Waals surface area contributed by atoms with E-state index in [9.17, 15) is 18.0 Å². The Hall–Kier alpha value is -3.91. The predicted molar refractivity (Wildman–Crippen MR) is 118 cm³/mol. The molecule has 0 spiro atoms. The first-order chi connectivity index (χ1) is 17.1. The molecule has 0 radical (unpaired) electrons. The topological polar surface area (TPSA) is 145 Å². The van der Waals surface area contributed by atoms with Crippen LogP contribution in [0.25, 0.3) is 0 Å². The molecule has 36 heavy (non-hydrogen) atoms. The number of carbonyl (C=O) groups excluding carboxylic acids is 1. The largest absolute Gasteiger partial charge is 0.483 e. The summed E-state index contributed by atoms with van der Waals surface area (Å²) in [7, 11) is 1.63. The highest BCUT2D eigenvalue weighted by atomic mass is 19.4. The van der Waals surface area contributed by atoms with Gasteiger partial charge in [0.1, 0.15) is 17.7 Å². The van der Waals surface area contributed by atoms with Gasteiger partial charge in [0.15, 0.2) is 12.0 Å². The molecular weight excluding hydrogens is 488 g/mol. The number of carboxylic acid groups (broad SMARTS) is 1. The van der Waals surface area contributed by atoms with Crippen molar-refractivity contribution in [1.29, 1.82) is 0 Å². The summed E-state index contributed by atoms with van der Waals surface area (Å²) in [6.45, 7) is -0.259. The molecule has 4 rings (SSSR count). The van der Waals surface area contributed by atoms with Crippen LogP contribution in [0.1, 0.15) is 39.3 Å². The fourth-order valence-corrected chi connectivity index (χ4v) is 3.62. The molecule has 1 aromatic carbocycles. The van der Waals surface area contributed by atoms with Crippen molar-refractivity contribution < 1.29 is 37.0 Å². The van der Waals surface area contributed by atoms with E-state index in [0.717, 1.165) is 6.07 Å². The van der Waals surface area contributed by atoms with E-state index in [-0.39, 0.29) is 43.3 Å². The Morgan fingerprint density at radius 1 is 1.33 bits per heavy atom. The van der Waals surface area contributed by atoms with Crippen molar-refractivity contribution in [3.05, 3.63) is 71.1 Å². The molecule has 3 aromatic rings. The van der Waals surface area contributed by atoms with Crippen LogP contribution in [0, 0.1) is 0 Å². The highest BCUT2D eigenvalue weighted by Gasteiger charge is 2.50. The van der Waals surface area contributed by atoms with Gasteiger partial charge in [-0.3, -0.25) is 9.59 Å². The van der Waals surface area contributed by atoms with Gasteiger partial charge < -0.3 is 25.5 Å². The number of nitrogens with two attached hydrogens (primary N) is 1. The maximum Gasteiger partial charge on any atom is 0.433 e. The number of aryl methyl sites for hydroxylation is 1. The Morgan fingerprint density at radius 3 is 2.56 bits per heavy atom. The van der Waals surface area contributed by atoms with Gasteiger partial charge in [0.25, 0.3) is 12.4 Å². The highest BCUT2D eigenvalue weighted by Crippen LogP contribution is 2.45. The first kappa shape index (κ1) is 26.7. The lowest BCUT2D eigenvalue weighted by Crippen LogP contribution is -2.50. The zero-order chi connectivity index (χ0) is 26.5. The standard InChI is InChI=1S/C21H20F4N6O2.CH2O2/c1-31-11-27-30-18(31)17(22)20(9-33-10-20)13-3-2-4-14(7-13)28-19(32)15-5-12(8-26)6-16(29-15)21(23,24)25;2-1-3/h2-7,11,17H,8-10,26H2,1H3,(H,28,32);1H,(H,2,3). The molecule has 1 aliphatic rings. The number of pyridine rings is 1. The van der Waals surface area contributed by atoms with E-state index in [4.69, 9.17) is 20.4 Å². The summed E-state index contributed by atoms with van der Waals surface area (Å²) in [6, 6.07) is 8.39. The van der Waals surface area contributed by atoms with Crippen LogP contribution in [0.3, 0.4) is 0 Å². The van der Waals surface area contributed by atoms with Gasteiger partial charge in [-0.1, -0.05) is 12.1 Å². The quantitative estimate of drug-likeness (QED) is 0.339. The second-order valence-electron chi connectivity index (χ2n) is 7.90. The molecule has 1 aliphatic heterocycles. The van der Waals surface area contributed by atoms with Crippen LogP contribution in [0.15, 0.2) is 42.7 Å². The molecule has 10 nitrogen and oxygen atoms in total. The number of benzene rings is 1. The van der Waals surface area contributed by atoms with Crippen LogP contribution in [-0.4, -0.2) is 50.4 Å². The van der Waals surface area contributed by atoms with E-state index in [0.29, 0.717) is 5.56 Å². The molecule has 192 valence electrons. The fraction of sp³-hybridized carbons (Fsp3) is 0.318. The molecule has 1 amide bonds. The Morgan fingerprint density at radius 2 is 2.03 bits per heavy atom. The normalized spacial score (nSPS) is 15.2. The first-order valence-corrected chi connectivity index (χ1v) is 10.4. The fourth-order valence-electron chi connectivity index (χ4n) is 3.62. The number of ether oxygens (including phenoxy) is 1. The number of nitrogens with zero attached hydrogens (tertiary/aromatic N) is 4. The number of carbonyl (C=O) groups is 2. The number of amides is 1. The van der Waals surface area contributed by atoms with E-state index in [2.05, 4.69) is 20.5 Å². The molecule has 4 N–H and O–H groups in total. The van der Waals surface area contributed by atoms with Crippen molar-refractivity contribution in [2.24, 2.45) is 12.8 Å². The minimum absolute atomic E-state index is 0.0907. The summed E-state index contributed by atoms with van der Waals surface area (Å²) in [5.41, 5.74) is 3.71. The Balaban J connectivity index is 0.00000115. The third kappa shape index (κ3) is 5.49. The predicted octanol–water partition coefficient (Wildman–Crippen LogP) is 2.62. The van der Waals surface area contributed by atoms with Crippen LogP contribution in [0.4, 0.5) is 23.2 Å².